The van der Waals surface area contributed by atoms with Crippen LogP contribution in [0.5, 0.6) is 0 Å². The second kappa shape index (κ2) is 3.76. The highest BCUT2D eigenvalue weighted by Gasteiger charge is 2.34. The van der Waals surface area contributed by atoms with Gasteiger partial charge in [0.25, 0.3) is 0 Å². The first kappa shape index (κ1) is 9.32. The van der Waals surface area contributed by atoms with Crippen LogP contribution >= 0.6 is 0 Å². The van der Waals surface area contributed by atoms with Gasteiger partial charge in [-0.3, -0.25) is 0 Å². The number of nitrogens with one attached hydrogen (secondary N) is 2. The smallest absolute Gasteiger partial charge is 0.405 e. The summed E-state index contributed by atoms with van der Waals surface area (Å²) >= 11 is 0. The van der Waals surface area contributed by atoms with Gasteiger partial charge in [0.1, 0.15) is 0 Å². The Morgan fingerprint density at radius 2 is 2.50 bits per heavy atom. The van der Waals surface area contributed by atoms with E-state index in [4.69, 9.17) is 5.11 Å². The lowest BCUT2D eigenvalue weighted by Gasteiger charge is -2.27. The van der Waals surface area contributed by atoms with Crippen molar-refractivity contribution in [2.45, 2.75) is 31.7 Å². The molecule has 3 N–H and O–H groups in total. The molecule has 1 aliphatic heterocycles. The fourth-order valence-electron chi connectivity index (χ4n) is 1.83. The summed E-state index contributed by atoms with van der Waals surface area (Å²) in [5.41, 5.74) is -0.194. The van der Waals surface area contributed by atoms with E-state index < -0.39 is 6.09 Å². The van der Waals surface area contributed by atoms with E-state index in [-0.39, 0.29) is 5.54 Å². The van der Waals surface area contributed by atoms with Crippen molar-refractivity contribution < 1.29 is 9.90 Å². The molecular weight excluding hydrogens is 156 g/mol. The molecule has 0 aliphatic carbocycles. The molecule has 1 saturated heterocycles. The molecule has 0 aromatic carbocycles. The van der Waals surface area contributed by atoms with Gasteiger partial charge in [-0.15, -0.1) is 0 Å². The fourth-order valence-corrected chi connectivity index (χ4v) is 1.83. The predicted octanol–water partition coefficient (Wildman–Crippen LogP) is 0.786. The van der Waals surface area contributed by atoms with Crippen LogP contribution < -0.4 is 10.6 Å². The molecule has 0 saturated carbocycles. The standard InChI is InChI=1S/C8H16N2O2/c1-2-3-8(10-7(11)12)4-5-9-6-8/h9-10H,2-6H2,1H3,(H,11,12). The second-order valence-corrected chi connectivity index (χ2v) is 3.39. The number of carboxylic acid groups (broad SMARTS) is 1. The third-order valence-electron chi connectivity index (χ3n) is 2.34. The molecule has 12 heavy (non-hydrogen) atoms. The molecule has 0 aromatic rings. The molecule has 1 rings (SSSR count). The molecule has 0 radical (unpaired) electrons. The fraction of sp³-hybridized carbons (Fsp3) is 0.875. The number of carbonyl (C=O) groups is 1. The van der Waals surface area contributed by atoms with Crippen molar-refractivity contribution in [3.8, 4) is 0 Å². The maximum atomic E-state index is 10.5. The SMILES string of the molecule is CCCC1(NC(=O)O)CCNC1. The van der Waals surface area contributed by atoms with Crippen LogP contribution in [0.25, 0.3) is 0 Å². The Morgan fingerprint density at radius 1 is 1.75 bits per heavy atom. The largest absolute Gasteiger partial charge is 0.465 e. The summed E-state index contributed by atoms with van der Waals surface area (Å²) in [4.78, 5) is 10.5. The van der Waals surface area contributed by atoms with Crippen LogP contribution in [0.1, 0.15) is 26.2 Å². The lowest BCUT2D eigenvalue weighted by atomic mass is 9.93. The Morgan fingerprint density at radius 3 is 2.92 bits per heavy atom. The van der Waals surface area contributed by atoms with Gasteiger partial charge in [0.05, 0.1) is 5.54 Å². The van der Waals surface area contributed by atoms with Crippen molar-refractivity contribution in [1.29, 1.82) is 0 Å². The van der Waals surface area contributed by atoms with E-state index in [9.17, 15) is 4.79 Å². The summed E-state index contributed by atoms with van der Waals surface area (Å²) in [5.74, 6) is 0. The van der Waals surface area contributed by atoms with E-state index >= 15 is 0 Å². The third-order valence-corrected chi connectivity index (χ3v) is 2.34. The highest BCUT2D eigenvalue weighted by Crippen LogP contribution is 2.20. The number of hydrogen-bond donors (Lipinski definition) is 3. The van der Waals surface area contributed by atoms with Crippen LogP contribution in [0.2, 0.25) is 0 Å². The molecule has 0 aromatic heterocycles. The summed E-state index contributed by atoms with van der Waals surface area (Å²) in [5, 5.41) is 14.4. The topological polar surface area (TPSA) is 61.4 Å². The van der Waals surface area contributed by atoms with Gasteiger partial charge in [-0.2, -0.15) is 0 Å². The number of amides is 1. The first-order chi connectivity index (χ1) is 5.68. The van der Waals surface area contributed by atoms with Gasteiger partial charge < -0.3 is 15.7 Å². The van der Waals surface area contributed by atoms with E-state index in [1.165, 1.54) is 0 Å². The van der Waals surface area contributed by atoms with Crippen molar-refractivity contribution in [1.82, 2.24) is 10.6 Å². The van der Waals surface area contributed by atoms with Crippen LogP contribution in [0, 0.1) is 0 Å². The number of hydrogen-bond acceptors (Lipinski definition) is 2. The quantitative estimate of drug-likeness (QED) is 0.589. The molecule has 1 heterocycles. The maximum absolute atomic E-state index is 10.5. The Bertz CT molecular complexity index is 164. The van der Waals surface area contributed by atoms with Gasteiger partial charge in [-0.05, 0) is 19.4 Å². The summed E-state index contributed by atoms with van der Waals surface area (Å²) in [7, 11) is 0. The monoisotopic (exact) mass is 172 g/mol. The Labute approximate surface area is 72.3 Å². The van der Waals surface area contributed by atoms with Gasteiger partial charge in [-0.1, -0.05) is 13.3 Å². The Hall–Kier alpha value is -0.770. The van der Waals surface area contributed by atoms with E-state index in [1.54, 1.807) is 0 Å². The molecular formula is C8H16N2O2. The molecule has 0 spiro atoms. The van der Waals surface area contributed by atoms with Gasteiger partial charge in [0.15, 0.2) is 0 Å². The van der Waals surface area contributed by atoms with Crippen molar-refractivity contribution in [3.05, 3.63) is 0 Å². The van der Waals surface area contributed by atoms with Crippen LogP contribution in [0.3, 0.4) is 0 Å². The highest BCUT2D eigenvalue weighted by molar-refractivity contribution is 5.65. The van der Waals surface area contributed by atoms with Crippen molar-refractivity contribution in [3.63, 3.8) is 0 Å². The van der Waals surface area contributed by atoms with E-state index in [0.29, 0.717) is 0 Å². The van der Waals surface area contributed by atoms with Crippen molar-refractivity contribution in [2.75, 3.05) is 13.1 Å². The maximum Gasteiger partial charge on any atom is 0.405 e. The normalized spacial score (nSPS) is 28.8. The molecule has 1 unspecified atom stereocenters. The second-order valence-electron chi connectivity index (χ2n) is 3.39. The average molecular weight is 172 g/mol. The summed E-state index contributed by atoms with van der Waals surface area (Å²) in [6, 6.07) is 0. The third kappa shape index (κ3) is 2.11. The van der Waals surface area contributed by atoms with Gasteiger partial charge in [-0.25, -0.2) is 4.79 Å². The molecule has 70 valence electrons. The summed E-state index contributed by atoms with van der Waals surface area (Å²) < 4.78 is 0. The minimum absolute atomic E-state index is 0.194. The van der Waals surface area contributed by atoms with E-state index in [0.717, 1.165) is 32.4 Å². The van der Waals surface area contributed by atoms with Crippen LogP contribution in [0.4, 0.5) is 4.79 Å². The first-order valence-electron chi connectivity index (χ1n) is 4.40. The minimum Gasteiger partial charge on any atom is -0.465 e. The van der Waals surface area contributed by atoms with E-state index in [2.05, 4.69) is 17.6 Å². The van der Waals surface area contributed by atoms with Crippen LogP contribution in [-0.4, -0.2) is 29.8 Å². The first-order valence-corrected chi connectivity index (χ1v) is 4.40. The molecule has 1 amide bonds. The van der Waals surface area contributed by atoms with Crippen LogP contribution in [-0.2, 0) is 0 Å². The summed E-state index contributed by atoms with van der Waals surface area (Å²) in [6.07, 6.45) is 1.94. The molecule has 0 bridgehead atoms. The van der Waals surface area contributed by atoms with Gasteiger partial charge >= 0.3 is 6.09 Å². The molecule has 1 fully saturated rings. The molecule has 1 aliphatic rings. The van der Waals surface area contributed by atoms with Crippen LogP contribution in [0.15, 0.2) is 0 Å². The average Bonchev–Trinajstić information content (AvgIpc) is 2.36. The Kier molecular flexibility index (Phi) is 2.92. The highest BCUT2D eigenvalue weighted by atomic mass is 16.4. The number of rotatable bonds is 3. The van der Waals surface area contributed by atoms with Gasteiger partial charge in [0, 0.05) is 6.54 Å². The van der Waals surface area contributed by atoms with Crippen molar-refractivity contribution >= 4 is 6.09 Å². The lowest BCUT2D eigenvalue weighted by molar-refractivity contribution is 0.177. The van der Waals surface area contributed by atoms with E-state index in [1.807, 2.05) is 0 Å². The molecule has 4 nitrogen and oxygen atoms in total. The molecule has 1 atom stereocenters. The predicted molar refractivity (Wildman–Crippen MR) is 46.3 cm³/mol. The van der Waals surface area contributed by atoms with Crippen molar-refractivity contribution in [2.24, 2.45) is 0 Å². The van der Waals surface area contributed by atoms with Gasteiger partial charge in [0.2, 0.25) is 0 Å². The zero-order chi connectivity index (χ0) is 9.03. The zero-order valence-corrected chi connectivity index (χ0v) is 7.39. The summed E-state index contributed by atoms with van der Waals surface area (Å²) in [6.45, 7) is 3.76. The Balaban J connectivity index is 2.52. The molecule has 4 heteroatoms. The minimum atomic E-state index is -0.910. The lowest BCUT2D eigenvalue weighted by Crippen LogP contribution is -2.49. The zero-order valence-electron chi connectivity index (χ0n) is 7.39.